The summed E-state index contributed by atoms with van der Waals surface area (Å²) in [7, 11) is -1.90. The van der Waals surface area contributed by atoms with Gasteiger partial charge in [-0.2, -0.15) is 0 Å². The van der Waals surface area contributed by atoms with Crippen LogP contribution in [0.25, 0.3) is 0 Å². The van der Waals surface area contributed by atoms with Crippen molar-refractivity contribution in [2.24, 2.45) is 0 Å². The molecule has 0 radical (unpaired) electrons. The molecule has 1 N–H and O–H groups in total. The summed E-state index contributed by atoms with van der Waals surface area (Å²) < 4.78 is 37.6. The van der Waals surface area contributed by atoms with E-state index >= 15 is 0 Å². The lowest BCUT2D eigenvalue weighted by atomic mass is 10.1. The van der Waals surface area contributed by atoms with Gasteiger partial charge < -0.3 is 9.47 Å². The van der Waals surface area contributed by atoms with Crippen LogP contribution in [-0.2, 0) is 14.8 Å². The van der Waals surface area contributed by atoms with Crippen LogP contribution < -0.4 is 9.46 Å². The van der Waals surface area contributed by atoms with Crippen molar-refractivity contribution in [3.05, 3.63) is 23.8 Å². The number of benzene rings is 1. The van der Waals surface area contributed by atoms with Gasteiger partial charge in [-0.3, -0.25) is 0 Å². The second-order valence-corrected chi connectivity index (χ2v) is 6.35. The zero-order valence-corrected chi connectivity index (χ0v) is 12.0. The molecule has 1 saturated heterocycles. The molecule has 0 unspecified atom stereocenters. The van der Waals surface area contributed by atoms with Crippen LogP contribution in [0.2, 0.25) is 0 Å². The number of aryl methyl sites for hydroxylation is 1. The summed E-state index contributed by atoms with van der Waals surface area (Å²) in [5.41, 5.74) is 0.803. The Bertz CT molecular complexity index is 536. The minimum atomic E-state index is -3.47. The Hall–Kier alpha value is -1.11. The zero-order chi connectivity index (χ0) is 13.9. The molecule has 1 aromatic rings. The third-order valence-corrected chi connectivity index (χ3v) is 4.74. The quantitative estimate of drug-likeness (QED) is 0.909. The standard InChI is InChI=1S/C13H19NO4S/c1-10-9-12(3-4-13(10)17-2)19(15,16)14-11-5-7-18-8-6-11/h3-4,9,11,14H,5-8H2,1-2H3. The van der Waals surface area contributed by atoms with Crippen molar-refractivity contribution in [2.45, 2.75) is 30.7 Å². The van der Waals surface area contributed by atoms with Gasteiger partial charge in [-0.15, -0.1) is 0 Å². The van der Waals surface area contributed by atoms with E-state index in [1.165, 1.54) is 0 Å². The molecule has 0 amide bonds. The number of nitrogens with one attached hydrogen (secondary N) is 1. The average Bonchev–Trinajstić information content (AvgIpc) is 2.39. The molecule has 0 saturated carbocycles. The second-order valence-electron chi connectivity index (χ2n) is 4.64. The fourth-order valence-electron chi connectivity index (χ4n) is 2.12. The molecule has 5 nitrogen and oxygen atoms in total. The molecular weight excluding hydrogens is 266 g/mol. The lowest BCUT2D eigenvalue weighted by Gasteiger charge is -2.23. The van der Waals surface area contributed by atoms with Crippen molar-refractivity contribution in [3.63, 3.8) is 0 Å². The average molecular weight is 285 g/mol. The molecule has 0 aromatic heterocycles. The maximum Gasteiger partial charge on any atom is 0.240 e. The van der Waals surface area contributed by atoms with E-state index in [4.69, 9.17) is 9.47 Å². The maximum atomic E-state index is 12.3. The predicted octanol–water partition coefficient (Wildman–Crippen LogP) is 1.46. The Morgan fingerprint density at radius 3 is 2.58 bits per heavy atom. The molecule has 19 heavy (non-hydrogen) atoms. The van der Waals surface area contributed by atoms with Gasteiger partial charge in [0.15, 0.2) is 0 Å². The van der Waals surface area contributed by atoms with E-state index in [9.17, 15) is 8.42 Å². The van der Waals surface area contributed by atoms with Gasteiger partial charge in [0.25, 0.3) is 0 Å². The van der Waals surface area contributed by atoms with Crippen molar-refractivity contribution in [3.8, 4) is 5.75 Å². The van der Waals surface area contributed by atoms with E-state index in [0.29, 0.717) is 31.8 Å². The highest BCUT2D eigenvalue weighted by atomic mass is 32.2. The molecule has 0 atom stereocenters. The summed E-state index contributed by atoms with van der Waals surface area (Å²) in [5.74, 6) is 0.685. The number of rotatable bonds is 4. The normalized spacial score (nSPS) is 17.4. The Morgan fingerprint density at radius 2 is 2.00 bits per heavy atom. The van der Waals surface area contributed by atoms with Gasteiger partial charge in [0, 0.05) is 19.3 Å². The smallest absolute Gasteiger partial charge is 0.240 e. The summed E-state index contributed by atoms with van der Waals surface area (Å²) in [6.45, 7) is 3.04. The predicted molar refractivity (Wildman–Crippen MR) is 71.9 cm³/mol. The SMILES string of the molecule is COc1ccc(S(=O)(=O)NC2CCOCC2)cc1C. The monoisotopic (exact) mass is 285 g/mol. The highest BCUT2D eigenvalue weighted by Crippen LogP contribution is 2.22. The number of hydrogen-bond donors (Lipinski definition) is 1. The van der Waals surface area contributed by atoms with Gasteiger partial charge >= 0.3 is 0 Å². The first-order chi connectivity index (χ1) is 9.03. The Kier molecular flexibility index (Phi) is 4.44. The van der Waals surface area contributed by atoms with E-state index in [1.54, 1.807) is 25.3 Å². The van der Waals surface area contributed by atoms with Gasteiger partial charge in [0.2, 0.25) is 10.0 Å². The Morgan fingerprint density at radius 1 is 1.32 bits per heavy atom. The summed E-state index contributed by atoms with van der Waals surface area (Å²) in [6, 6.07) is 4.82. The molecule has 0 aliphatic carbocycles. The first-order valence-electron chi connectivity index (χ1n) is 6.27. The third-order valence-electron chi connectivity index (χ3n) is 3.22. The van der Waals surface area contributed by atoms with Crippen LogP contribution in [0, 0.1) is 6.92 Å². The maximum absolute atomic E-state index is 12.3. The fraction of sp³-hybridized carbons (Fsp3) is 0.538. The minimum Gasteiger partial charge on any atom is -0.496 e. The molecule has 1 aliphatic heterocycles. The number of ether oxygens (including phenoxy) is 2. The van der Waals surface area contributed by atoms with Crippen molar-refractivity contribution in [1.29, 1.82) is 0 Å². The van der Waals surface area contributed by atoms with Crippen molar-refractivity contribution >= 4 is 10.0 Å². The van der Waals surface area contributed by atoms with Crippen LogP contribution >= 0.6 is 0 Å². The van der Waals surface area contributed by atoms with E-state index in [2.05, 4.69) is 4.72 Å². The zero-order valence-electron chi connectivity index (χ0n) is 11.2. The van der Waals surface area contributed by atoms with Gasteiger partial charge in [-0.1, -0.05) is 0 Å². The van der Waals surface area contributed by atoms with E-state index in [0.717, 1.165) is 5.56 Å². The summed E-state index contributed by atoms with van der Waals surface area (Å²) in [5, 5.41) is 0. The third kappa shape index (κ3) is 3.46. The number of sulfonamides is 1. The van der Waals surface area contributed by atoms with Crippen LogP contribution in [0.3, 0.4) is 0 Å². The van der Waals surface area contributed by atoms with Crippen molar-refractivity contribution < 1.29 is 17.9 Å². The summed E-state index contributed by atoms with van der Waals surface area (Å²) in [4.78, 5) is 0.275. The summed E-state index contributed by atoms with van der Waals surface area (Å²) in [6.07, 6.45) is 1.43. The van der Waals surface area contributed by atoms with Gasteiger partial charge in [0.05, 0.1) is 12.0 Å². The molecule has 0 spiro atoms. The van der Waals surface area contributed by atoms with E-state index in [1.807, 2.05) is 6.92 Å². The lowest BCUT2D eigenvalue weighted by Crippen LogP contribution is -2.38. The van der Waals surface area contributed by atoms with E-state index < -0.39 is 10.0 Å². The van der Waals surface area contributed by atoms with Crippen LogP contribution in [-0.4, -0.2) is 34.8 Å². The summed E-state index contributed by atoms with van der Waals surface area (Å²) >= 11 is 0. The van der Waals surface area contributed by atoms with Crippen LogP contribution in [0.1, 0.15) is 18.4 Å². The van der Waals surface area contributed by atoms with E-state index in [-0.39, 0.29) is 10.9 Å². The first kappa shape index (κ1) is 14.3. The topological polar surface area (TPSA) is 64.6 Å². The molecule has 1 heterocycles. The largest absolute Gasteiger partial charge is 0.496 e. The molecule has 1 fully saturated rings. The van der Waals surface area contributed by atoms with Crippen LogP contribution in [0.5, 0.6) is 5.75 Å². The molecule has 2 rings (SSSR count). The van der Waals surface area contributed by atoms with Gasteiger partial charge in [-0.05, 0) is 43.5 Å². The number of hydrogen-bond acceptors (Lipinski definition) is 4. The fourth-order valence-corrected chi connectivity index (χ4v) is 3.51. The molecular formula is C13H19NO4S. The first-order valence-corrected chi connectivity index (χ1v) is 7.76. The Balaban J connectivity index is 2.16. The molecule has 1 aromatic carbocycles. The van der Waals surface area contributed by atoms with Crippen molar-refractivity contribution in [1.82, 2.24) is 4.72 Å². The molecule has 6 heteroatoms. The van der Waals surface area contributed by atoms with Gasteiger partial charge in [-0.25, -0.2) is 13.1 Å². The molecule has 0 bridgehead atoms. The van der Waals surface area contributed by atoms with Crippen molar-refractivity contribution in [2.75, 3.05) is 20.3 Å². The van der Waals surface area contributed by atoms with Crippen LogP contribution in [0.15, 0.2) is 23.1 Å². The Labute approximate surface area is 114 Å². The highest BCUT2D eigenvalue weighted by molar-refractivity contribution is 7.89. The molecule has 1 aliphatic rings. The van der Waals surface area contributed by atoms with Gasteiger partial charge in [0.1, 0.15) is 5.75 Å². The minimum absolute atomic E-state index is 0.0406. The van der Waals surface area contributed by atoms with Crippen LogP contribution in [0.4, 0.5) is 0 Å². The molecule has 106 valence electrons. The second kappa shape index (κ2) is 5.90. The lowest BCUT2D eigenvalue weighted by molar-refractivity contribution is 0.0832. The highest BCUT2D eigenvalue weighted by Gasteiger charge is 2.22. The number of methoxy groups -OCH3 is 1.